The highest BCUT2D eigenvalue weighted by Crippen LogP contribution is 2.25. The number of carbonyl (C=O) groups is 3. The van der Waals surface area contributed by atoms with Crippen LogP contribution in [-0.2, 0) is 9.59 Å². The number of hydrogen-bond acceptors (Lipinski definition) is 3. The number of halogens is 1. The number of likely N-dealkylation sites (tertiary alicyclic amines) is 1. The van der Waals surface area contributed by atoms with Crippen LogP contribution in [0.1, 0.15) is 61.4 Å². The maximum atomic E-state index is 13.9. The maximum absolute atomic E-state index is 13.9. The molecule has 1 aromatic rings. The molecule has 2 rings (SSSR count). The molecule has 0 saturated carbocycles. The summed E-state index contributed by atoms with van der Waals surface area (Å²) in [5.74, 6) is -0.871. The third-order valence-electron chi connectivity index (χ3n) is 4.52. The molecule has 0 N–H and O–H groups in total. The number of Topliss-reactive ketones (excluding diaryl/α,β-unsaturated/α-hetero) is 1. The van der Waals surface area contributed by atoms with E-state index in [1.54, 1.807) is 6.07 Å². The van der Waals surface area contributed by atoms with E-state index in [9.17, 15) is 18.8 Å². The summed E-state index contributed by atoms with van der Waals surface area (Å²) in [6.07, 6.45) is 2.50. The Kier molecular flexibility index (Phi) is 5.64. The lowest BCUT2D eigenvalue weighted by atomic mass is 9.96. The van der Waals surface area contributed by atoms with Crippen molar-refractivity contribution in [2.45, 2.75) is 51.5 Å². The molecule has 5 heteroatoms. The minimum absolute atomic E-state index is 0.156. The van der Waals surface area contributed by atoms with Crippen molar-refractivity contribution >= 4 is 18.0 Å². The molecule has 2 unspecified atom stereocenters. The third-order valence-corrected chi connectivity index (χ3v) is 4.52. The molecule has 1 saturated heterocycles. The molecule has 0 aliphatic carbocycles. The van der Waals surface area contributed by atoms with Gasteiger partial charge in [-0.15, -0.1) is 0 Å². The van der Waals surface area contributed by atoms with Crippen LogP contribution >= 0.6 is 0 Å². The highest BCUT2D eigenvalue weighted by atomic mass is 19.1. The molecule has 1 aliphatic heterocycles. The van der Waals surface area contributed by atoms with Gasteiger partial charge in [0.25, 0.3) is 5.91 Å². The van der Waals surface area contributed by atoms with E-state index in [0.717, 1.165) is 12.0 Å². The molecule has 0 radical (unpaired) electrons. The van der Waals surface area contributed by atoms with E-state index in [1.165, 1.54) is 17.0 Å². The van der Waals surface area contributed by atoms with Crippen molar-refractivity contribution in [3.8, 4) is 0 Å². The van der Waals surface area contributed by atoms with Gasteiger partial charge in [-0.1, -0.05) is 13.8 Å². The fourth-order valence-electron chi connectivity index (χ4n) is 2.98. The molecule has 2 atom stereocenters. The lowest BCUT2D eigenvalue weighted by Crippen LogP contribution is -2.40. The van der Waals surface area contributed by atoms with Gasteiger partial charge in [0.1, 0.15) is 12.1 Å². The van der Waals surface area contributed by atoms with Gasteiger partial charge in [-0.2, -0.15) is 0 Å². The lowest BCUT2D eigenvalue weighted by Gasteiger charge is -2.24. The van der Waals surface area contributed by atoms with Crippen LogP contribution in [-0.4, -0.2) is 35.5 Å². The summed E-state index contributed by atoms with van der Waals surface area (Å²) in [6, 6.07) is 3.81. The number of rotatable bonds is 6. The zero-order valence-corrected chi connectivity index (χ0v) is 13.5. The fraction of sp³-hybridized carbons (Fsp3) is 0.500. The Bertz CT molecular complexity index is 614. The second-order valence-electron chi connectivity index (χ2n) is 6.08. The smallest absolute Gasteiger partial charge is 0.254 e. The number of ketones is 1. The SMILES string of the molecule is CCC(C)c1cc(F)cc(C(=O)N2CCCC2C(=O)CC=O)c1. The third kappa shape index (κ3) is 3.84. The molecule has 1 aromatic carbocycles. The zero-order chi connectivity index (χ0) is 17.0. The number of benzene rings is 1. The largest absolute Gasteiger partial charge is 0.329 e. The highest BCUT2D eigenvalue weighted by Gasteiger charge is 2.34. The predicted octanol–water partition coefficient (Wildman–Crippen LogP) is 3.10. The Morgan fingerprint density at radius 3 is 2.78 bits per heavy atom. The van der Waals surface area contributed by atoms with Crippen LogP contribution in [0.5, 0.6) is 0 Å². The van der Waals surface area contributed by atoms with Crippen molar-refractivity contribution in [2.24, 2.45) is 0 Å². The van der Waals surface area contributed by atoms with Gasteiger partial charge in [0.15, 0.2) is 5.78 Å². The Hall–Kier alpha value is -2.04. The van der Waals surface area contributed by atoms with Crippen LogP contribution in [0.3, 0.4) is 0 Å². The molecule has 0 aromatic heterocycles. The Morgan fingerprint density at radius 1 is 1.39 bits per heavy atom. The number of amides is 1. The summed E-state index contributed by atoms with van der Waals surface area (Å²) in [5.41, 5.74) is 1.05. The first-order valence-corrected chi connectivity index (χ1v) is 8.05. The van der Waals surface area contributed by atoms with E-state index in [1.807, 2.05) is 13.8 Å². The monoisotopic (exact) mass is 319 g/mol. The van der Waals surface area contributed by atoms with Gasteiger partial charge in [0.2, 0.25) is 0 Å². The Morgan fingerprint density at radius 2 is 2.13 bits per heavy atom. The molecule has 1 heterocycles. The van der Waals surface area contributed by atoms with Crippen LogP contribution in [0, 0.1) is 5.82 Å². The minimum Gasteiger partial charge on any atom is -0.329 e. The van der Waals surface area contributed by atoms with E-state index in [-0.39, 0.29) is 29.6 Å². The first-order chi connectivity index (χ1) is 11.0. The van der Waals surface area contributed by atoms with E-state index in [0.29, 0.717) is 25.7 Å². The van der Waals surface area contributed by atoms with Crippen molar-refractivity contribution in [1.29, 1.82) is 0 Å². The second kappa shape index (κ2) is 7.49. The first-order valence-electron chi connectivity index (χ1n) is 8.05. The molecule has 124 valence electrons. The highest BCUT2D eigenvalue weighted by molar-refractivity contribution is 6.00. The summed E-state index contributed by atoms with van der Waals surface area (Å²) in [5, 5.41) is 0. The molecule has 0 spiro atoms. The summed E-state index contributed by atoms with van der Waals surface area (Å²) in [4.78, 5) is 36.7. The Labute approximate surface area is 135 Å². The molecule has 1 aliphatic rings. The number of hydrogen-bond donors (Lipinski definition) is 0. The molecule has 4 nitrogen and oxygen atoms in total. The summed E-state index contributed by atoms with van der Waals surface area (Å²) >= 11 is 0. The van der Waals surface area contributed by atoms with Gasteiger partial charge in [-0.3, -0.25) is 9.59 Å². The first kappa shape index (κ1) is 17.3. The van der Waals surface area contributed by atoms with Crippen molar-refractivity contribution in [2.75, 3.05) is 6.54 Å². The van der Waals surface area contributed by atoms with Crippen LogP contribution in [0.2, 0.25) is 0 Å². The van der Waals surface area contributed by atoms with Gasteiger partial charge in [-0.25, -0.2) is 4.39 Å². The van der Waals surface area contributed by atoms with E-state index >= 15 is 0 Å². The molecular formula is C18H22FNO3. The van der Waals surface area contributed by atoms with E-state index < -0.39 is 11.9 Å². The number of nitrogens with zero attached hydrogens (tertiary/aromatic N) is 1. The normalized spacial score (nSPS) is 18.7. The summed E-state index contributed by atoms with van der Waals surface area (Å²) < 4.78 is 13.9. The second-order valence-corrected chi connectivity index (χ2v) is 6.08. The van der Waals surface area contributed by atoms with E-state index in [4.69, 9.17) is 0 Å². The molecule has 1 fully saturated rings. The Balaban J connectivity index is 2.27. The van der Waals surface area contributed by atoms with E-state index in [2.05, 4.69) is 0 Å². The lowest BCUT2D eigenvalue weighted by molar-refractivity contribution is -0.125. The van der Waals surface area contributed by atoms with Gasteiger partial charge in [0, 0.05) is 12.1 Å². The zero-order valence-electron chi connectivity index (χ0n) is 13.5. The molecule has 1 amide bonds. The fourth-order valence-corrected chi connectivity index (χ4v) is 2.98. The molecular weight excluding hydrogens is 297 g/mol. The molecule has 0 bridgehead atoms. The number of carbonyl (C=O) groups excluding carboxylic acids is 3. The van der Waals surface area contributed by atoms with Crippen molar-refractivity contribution < 1.29 is 18.8 Å². The van der Waals surface area contributed by atoms with Gasteiger partial charge < -0.3 is 9.69 Å². The average molecular weight is 319 g/mol. The maximum Gasteiger partial charge on any atom is 0.254 e. The van der Waals surface area contributed by atoms with Gasteiger partial charge in [0.05, 0.1) is 12.5 Å². The minimum atomic E-state index is -0.567. The van der Waals surface area contributed by atoms with Crippen LogP contribution in [0.25, 0.3) is 0 Å². The van der Waals surface area contributed by atoms with Crippen molar-refractivity contribution in [3.63, 3.8) is 0 Å². The quantitative estimate of drug-likeness (QED) is 0.598. The topological polar surface area (TPSA) is 54.5 Å². The van der Waals surface area contributed by atoms with Crippen molar-refractivity contribution in [1.82, 2.24) is 4.90 Å². The average Bonchev–Trinajstić information content (AvgIpc) is 3.02. The van der Waals surface area contributed by atoms with Crippen LogP contribution in [0.4, 0.5) is 4.39 Å². The van der Waals surface area contributed by atoms with Gasteiger partial charge in [-0.05, 0) is 48.9 Å². The van der Waals surface area contributed by atoms with Crippen LogP contribution in [0.15, 0.2) is 18.2 Å². The van der Waals surface area contributed by atoms with Gasteiger partial charge >= 0.3 is 0 Å². The summed E-state index contributed by atoms with van der Waals surface area (Å²) in [7, 11) is 0. The molecule has 23 heavy (non-hydrogen) atoms. The standard InChI is InChI=1S/C18H22FNO3/c1-3-12(2)13-9-14(11-15(19)10-13)18(23)20-7-4-5-16(20)17(22)6-8-21/h8-12,16H,3-7H2,1-2H3. The van der Waals surface area contributed by atoms with Crippen LogP contribution < -0.4 is 0 Å². The number of aldehydes is 1. The van der Waals surface area contributed by atoms with Crippen molar-refractivity contribution in [3.05, 3.63) is 35.1 Å². The summed E-state index contributed by atoms with van der Waals surface area (Å²) in [6.45, 7) is 4.45. The predicted molar refractivity (Wildman–Crippen MR) is 84.9 cm³/mol.